The van der Waals surface area contributed by atoms with Gasteiger partial charge in [-0.25, -0.2) is 8.81 Å². The molecule has 1 aromatic rings. The Hall–Kier alpha value is -0.800. The van der Waals surface area contributed by atoms with Crippen molar-refractivity contribution >= 4 is 11.8 Å². The van der Waals surface area contributed by atoms with Crippen molar-refractivity contribution in [1.82, 2.24) is 4.42 Å². The Balaban J connectivity index is 2.32. The lowest BCUT2D eigenvalue weighted by Crippen LogP contribution is -2.26. The highest BCUT2D eigenvalue weighted by Crippen LogP contribution is 2.27. The first-order valence-corrected chi connectivity index (χ1v) is 5.38. The zero-order valence-corrected chi connectivity index (χ0v) is 9.30. The van der Waals surface area contributed by atoms with Gasteiger partial charge in [0, 0.05) is 18.2 Å². The van der Waals surface area contributed by atoms with Crippen molar-refractivity contribution in [3.63, 3.8) is 0 Å². The third-order valence-corrected chi connectivity index (χ3v) is 2.78. The number of fused-ring (bicyclic) bond motifs is 1. The molecule has 0 radical (unpaired) electrons. The molecule has 15 heavy (non-hydrogen) atoms. The van der Waals surface area contributed by atoms with E-state index in [2.05, 4.69) is 0 Å². The molecule has 1 aliphatic heterocycles. The van der Waals surface area contributed by atoms with Crippen LogP contribution in [0.1, 0.15) is 18.9 Å². The fourth-order valence-corrected chi connectivity index (χ4v) is 1.95. The fourth-order valence-electron chi connectivity index (χ4n) is 1.67. The normalized spacial score (nSPS) is 21.7. The van der Waals surface area contributed by atoms with E-state index < -0.39 is 0 Å². The molecular formula is C11H13ClFNO. The van der Waals surface area contributed by atoms with Gasteiger partial charge in [-0.1, -0.05) is 13.0 Å². The molecular weight excluding hydrogens is 217 g/mol. The molecule has 1 aliphatic rings. The number of benzene rings is 1. The van der Waals surface area contributed by atoms with Gasteiger partial charge in [0.2, 0.25) is 0 Å². The zero-order valence-electron chi connectivity index (χ0n) is 8.54. The molecule has 0 saturated heterocycles. The molecule has 2 nitrogen and oxygen atoms in total. The van der Waals surface area contributed by atoms with Gasteiger partial charge >= 0.3 is 0 Å². The Morgan fingerprint density at radius 1 is 1.60 bits per heavy atom. The Kier molecular flexibility index (Phi) is 3.12. The van der Waals surface area contributed by atoms with E-state index in [1.807, 2.05) is 6.92 Å². The molecule has 0 N–H and O–H groups in total. The second-order valence-corrected chi connectivity index (χ2v) is 4.18. The highest BCUT2D eigenvalue weighted by atomic mass is 35.5. The zero-order chi connectivity index (χ0) is 10.8. The van der Waals surface area contributed by atoms with Gasteiger partial charge in [-0.3, -0.25) is 0 Å². The van der Waals surface area contributed by atoms with Crippen molar-refractivity contribution in [2.24, 2.45) is 0 Å². The van der Waals surface area contributed by atoms with Crippen LogP contribution in [0.4, 0.5) is 4.39 Å². The maximum atomic E-state index is 13.0. The molecule has 0 bridgehead atoms. The standard InChI is InChI=1S/C11H13ClFNO/c1-2-10-7-14(12)6-8-3-4-9(13)5-11(8)15-10/h3-5,10H,2,6-7H2,1H3/t10-/m1/s1. The Bertz CT molecular complexity index is 358. The third kappa shape index (κ3) is 2.41. The first kappa shape index (κ1) is 10.7. The molecule has 0 spiro atoms. The minimum atomic E-state index is -0.272. The predicted octanol–water partition coefficient (Wildman–Crippen LogP) is 2.95. The maximum Gasteiger partial charge on any atom is 0.127 e. The van der Waals surface area contributed by atoms with Gasteiger partial charge in [0.15, 0.2) is 0 Å². The van der Waals surface area contributed by atoms with E-state index in [1.54, 1.807) is 10.5 Å². The van der Waals surface area contributed by atoms with Gasteiger partial charge in [-0.2, -0.15) is 0 Å². The van der Waals surface area contributed by atoms with Crippen LogP contribution in [0.5, 0.6) is 5.75 Å². The van der Waals surface area contributed by atoms with Crippen LogP contribution >= 0.6 is 11.8 Å². The first-order valence-electron chi connectivity index (χ1n) is 5.05. The van der Waals surface area contributed by atoms with Crippen LogP contribution in [0.2, 0.25) is 0 Å². The largest absolute Gasteiger partial charge is 0.489 e. The van der Waals surface area contributed by atoms with Gasteiger partial charge in [0.1, 0.15) is 17.7 Å². The van der Waals surface area contributed by atoms with Crippen molar-refractivity contribution in [3.8, 4) is 5.75 Å². The molecule has 0 unspecified atom stereocenters. The lowest BCUT2D eigenvalue weighted by Gasteiger charge is -2.16. The second kappa shape index (κ2) is 4.37. The number of hydrogen-bond acceptors (Lipinski definition) is 2. The average molecular weight is 230 g/mol. The van der Waals surface area contributed by atoms with E-state index in [1.165, 1.54) is 12.1 Å². The quantitative estimate of drug-likeness (QED) is 0.687. The molecule has 4 heteroatoms. The molecule has 0 amide bonds. The molecule has 82 valence electrons. The molecule has 1 aromatic carbocycles. The minimum Gasteiger partial charge on any atom is -0.489 e. The second-order valence-electron chi connectivity index (χ2n) is 3.70. The summed E-state index contributed by atoms with van der Waals surface area (Å²) in [5, 5.41) is 0. The van der Waals surface area contributed by atoms with E-state index in [-0.39, 0.29) is 11.9 Å². The van der Waals surface area contributed by atoms with Crippen LogP contribution < -0.4 is 4.74 Å². The highest BCUT2D eigenvalue weighted by Gasteiger charge is 2.20. The SMILES string of the molecule is CC[C@@H]1CN(Cl)Cc2ccc(F)cc2O1. The predicted molar refractivity (Wildman–Crippen MR) is 57.4 cm³/mol. The molecule has 0 aliphatic carbocycles. The van der Waals surface area contributed by atoms with Crippen LogP contribution in [0.15, 0.2) is 18.2 Å². The summed E-state index contributed by atoms with van der Waals surface area (Å²) in [6.45, 7) is 3.28. The summed E-state index contributed by atoms with van der Waals surface area (Å²) in [6.07, 6.45) is 0.893. The van der Waals surface area contributed by atoms with Gasteiger partial charge in [0.25, 0.3) is 0 Å². The van der Waals surface area contributed by atoms with Crippen molar-refractivity contribution < 1.29 is 9.13 Å². The maximum absolute atomic E-state index is 13.0. The van der Waals surface area contributed by atoms with Gasteiger partial charge in [0.05, 0.1) is 6.54 Å². The highest BCUT2D eigenvalue weighted by molar-refractivity contribution is 6.13. The molecule has 0 saturated carbocycles. The number of halogens is 2. The van der Waals surface area contributed by atoms with E-state index in [0.29, 0.717) is 18.8 Å². The average Bonchev–Trinajstić information content (AvgIpc) is 2.35. The minimum absolute atomic E-state index is 0.0329. The van der Waals surface area contributed by atoms with Gasteiger partial charge in [-0.05, 0) is 24.3 Å². The number of nitrogens with zero attached hydrogens (tertiary/aromatic N) is 1. The first-order chi connectivity index (χ1) is 7.19. The third-order valence-electron chi connectivity index (χ3n) is 2.52. The van der Waals surface area contributed by atoms with Crippen molar-refractivity contribution in [3.05, 3.63) is 29.6 Å². The van der Waals surface area contributed by atoms with Crippen LogP contribution in [-0.2, 0) is 6.54 Å². The van der Waals surface area contributed by atoms with Crippen molar-refractivity contribution in [2.45, 2.75) is 26.0 Å². The molecule has 2 rings (SSSR count). The Morgan fingerprint density at radius 3 is 3.13 bits per heavy atom. The monoisotopic (exact) mass is 229 g/mol. The summed E-state index contributed by atoms with van der Waals surface area (Å²) in [4.78, 5) is 0. The number of rotatable bonds is 1. The van der Waals surface area contributed by atoms with Crippen LogP contribution in [0.3, 0.4) is 0 Å². The van der Waals surface area contributed by atoms with Gasteiger partial charge in [-0.15, -0.1) is 0 Å². The summed E-state index contributed by atoms with van der Waals surface area (Å²) < 4.78 is 20.4. The van der Waals surface area contributed by atoms with Crippen molar-refractivity contribution in [2.75, 3.05) is 6.54 Å². The smallest absolute Gasteiger partial charge is 0.127 e. The molecule has 0 aromatic heterocycles. The lowest BCUT2D eigenvalue weighted by atomic mass is 10.2. The Morgan fingerprint density at radius 2 is 2.40 bits per heavy atom. The Labute approximate surface area is 93.7 Å². The van der Waals surface area contributed by atoms with E-state index in [4.69, 9.17) is 16.5 Å². The number of ether oxygens (including phenoxy) is 1. The van der Waals surface area contributed by atoms with E-state index in [9.17, 15) is 4.39 Å². The van der Waals surface area contributed by atoms with E-state index in [0.717, 1.165) is 12.0 Å². The summed E-state index contributed by atoms with van der Waals surface area (Å²) in [5.41, 5.74) is 0.933. The van der Waals surface area contributed by atoms with Crippen LogP contribution in [0, 0.1) is 5.82 Å². The van der Waals surface area contributed by atoms with E-state index >= 15 is 0 Å². The van der Waals surface area contributed by atoms with Crippen LogP contribution in [-0.4, -0.2) is 17.1 Å². The summed E-state index contributed by atoms with van der Waals surface area (Å²) >= 11 is 6.02. The summed E-state index contributed by atoms with van der Waals surface area (Å²) in [6, 6.07) is 4.57. The molecule has 1 heterocycles. The summed E-state index contributed by atoms with van der Waals surface area (Å²) in [5.74, 6) is 0.344. The topological polar surface area (TPSA) is 12.5 Å². The fraction of sp³-hybridized carbons (Fsp3) is 0.455. The lowest BCUT2D eigenvalue weighted by molar-refractivity contribution is 0.180. The number of hydrogen-bond donors (Lipinski definition) is 0. The van der Waals surface area contributed by atoms with Gasteiger partial charge < -0.3 is 4.74 Å². The van der Waals surface area contributed by atoms with Crippen molar-refractivity contribution in [1.29, 1.82) is 0 Å². The molecule has 1 atom stereocenters. The summed E-state index contributed by atoms with van der Waals surface area (Å²) in [7, 11) is 0. The molecule has 0 fully saturated rings. The van der Waals surface area contributed by atoms with Crippen LogP contribution in [0.25, 0.3) is 0 Å².